The lowest BCUT2D eigenvalue weighted by molar-refractivity contribution is -0.0719. The molecular weight excluding hydrogens is 227 g/mol. The number of hydrogen-bond acceptors (Lipinski definition) is 4. The largest absolute Gasteiger partial charge is 0.496 e. The van der Waals surface area contributed by atoms with Crippen molar-refractivity contribution in [1.82, 2.24) is 0 Å². The zero-order chi connectivity index (χ0) is 12.3. The molecule has 2 rings (SSSR count). The summed E-state index contributed by atoms with van der Waals surface area (Å²) in [5.74, 6) is -0.461. The number of rotatable bonds is 3. The van der Waals surface area contributed by atoms with Crippen molar-refractivity contribution in [2.24, 2.45) is 0 Å². The molecule has 1 aliphatic heterocycles. The summed E-state index contributed by atoms with van der Waals surface area (Å²) < 4.78 is 28.6. The van der Waals surface area contributed by atoms with E-state index < -0.39 is 11.9 Å². The highest BCUT2D eigenvalue weighted by atomic mass is 19.1. The Morgan fingerprint density at radius 3 is 2.94 bits per heavy atom. The van der Waals surface area contributed by atoms with Crippen LogP contribution >= 0.6 is 0 Å². The van der Waals surface area contributed by atoms with Crippen LogP contribution in [0.25, 0.3) is 0 Å². The van der Waals surface area contributed by atoms with E-state index in [1.165, 1.54) is 19.2 Å². The average Bonchev–Trinajstić information content (AvgIpc) is 2.39. The van der Waals surface area contributed by atoms with Crippen LogP contribution in [0.4, 0.5) is 4.39 Å². The van der Waals surface area contributed by atoms with Gasteiger partial charge in [0.05, 0.1) is 32.5 Å². The molecule has 92 valence electrons. The normalized spacial score (nSPS) is 20.0. The zero-order valence-corrected chi connectivity index (χ0v) is 9.44. The molecule has 1 heterocycles. The smallest absolute Gasteiger partial charge is 0.197 e. The van der Waals surface area contributed by atoms with Crippen molar-refractivity contribution in [3.63, 3.8) is 0 Å². The molecule has 4 nitrogen and oxygen atoms in total. The molecule has 0 saturated carbocycles. The first-order valence-corrected chi connectivity index (χ1v) is 5.29. The van der Waals surface area contributed by atoms with Gasteiger partial charge in [-0.2, -0.15) is 0 Å². The summed E-state index contributed by atoms with van der Waals surface area (Å²) in [7, 11) is 1.43. The van der Waals surface area contributed by atoms with Crippen molar-refractivity contribution < 1.29 is 23.4 Å². The molecule has 1 aromatic carbocycles. The minimum atomic E-state index is -0.681. The van der Waals surface area contributed by atoms with E-state index in [2.05, 4.69) is 0 Å². The molecule has 17 heavy (non-hydrogen) atoms. The molecule has 0 N–H and O–H groups in total. The number of Topliss-reactive ketones (excluding diaryl/α,β-unsaturated/α-hetero) is 1. The molecule has 1 fully saturated rings. The predicted molar refractivity (Wildman–Crippen MR) is 57.8 cm³/mol. The maximum absolute atomic E-state index is 13.1. The number of carbonyl (C=O) groups excluding carboxylic acids is 1. The molecule has 1 aromatic rings. The third kappa shape index (κ3) is 2.62. The lowest BCUT2D eigenvalue weighted by atomic mass is 10.0. The van der Waals surface area contributed by atoms with Crippen LogP contribution in [0.2, 0.25) is 0 Å². The van der Waals surface area contributed by atoms with Gasteiger partial charge >= 0.3 is 0 Å². The minimum absolute atomic E-state index is 0.183. The lowest BCUT2D eigenvalue weighted by Crippen LogP contribution is -2.35. The Morgan fingerprint density at radius 1 is 1.47 bits per heavy atom. The van der Waals surface area contributed by atoms with Crippen LogP contribution in [-0.4, -0.2) is 38.8 Å². The van der Waals surface area contributed by atoms with Crippen LogP contribution in [0.1, 0.15) is 10.4 Å². The Hall–Kier alpha value is -1.46. The number of methoxy groups -OCH3 is 1. The molecule has 1 aliphatic rings. The van der Waals surface area contributed by atoms with Gasteiger partial charge in [0.15, 0.2) is 5.78 Å². The molecule has 5 heteroatoms. The van der Waals surface area contributed by atoms with Crippen molar-refractivity contribution in [2.45, 2.75) is 6.10 Å². The minimum Gasteiger partial charge on any atom is -0.496 e. The van der Waals surface area contributed by atoms with E-state index in [1.54, 1.807) is 0 Å². The van der Waals surface area contributed by atoms with Gasteiger partial charge < -0.3 is 14.2 Å². The highest BCUT2D eigenvalue weighted by Gasteiger charge is 2.26. The van der Waals surface area contributed by atoms with E-state index in [4.69, 9.17) is 14.2 Å². The van der Waals surface area contributed by atoms with Crippen molar-refractivity contribution in [3.05, 3.63) is 29.6 Å². The summed E-state index contributed by atoms with van der Waals surface area (Å²) in [6, 6.07) is 3.82. The number of halogens is 1. The first kappa shape index (κ1) is 12.0. The van der Waals surface area contributed by atoms with Crippen molar-refractivity contribution in [1.29, 1.82) is 0 Å². The summed E-state index contributed by atoms with van der Waals surface area (Å²) in [6.07, 6.45) is -0.681. The van der Waals surface area contributed by atoms with Gasteiger partial charge in [-0.3, -0.25) is 4.79 Å². The second-order valence-corrected chi connectivity index (χ2v) is 3.64. The first-order valence-electron chi connectivity index (χ1n) is 5.29. The Morgan fingerprint density at radius 2 is 2.29 bits per heavy atom. The fourth-order valence-electron chi connectivity index (χ4n) is 1.69. The summed E-state index contributed by atoms with van der Waals surface area (Å²) in [5.41, 5.74) is 0.183. The number of benzene rings is 1. The van der Waals surface area contributed by atoms with Crippen LogP contribution in [0, 0.1) is 5.82 Å². The molecule has 0 aliphatic carbocycles. The third-order valence-electron chi connectivity index (χ3n) is 2.54. The quantitative estimate of drug-likeness (QED) is 0.750. The van der Waals surface area contributed by atoms with Crippen molar-refractivity contribution >= 4 is 5.78 Å². The Balaban J connectivity index is 2.25. The average molecular weight is 240 g/mol. The summed E-state index contributed by atoms with van der Waals surface area (Å²) >= 11 is 0. The summed E-state index contributed by atoms with van der Waals surface area (Å²) in [5, 5.41) is 0. The van der Waals surface area contributed by atoms with Gasteiger partial charge in [0.2, 0.25) is 0 Å². The third-order valence-corrected chi connectivity index (χ3v) is 2.54. The first-order chi connectivity index (χ1) is 8.22. The van der Waals surface area contributed by atoms with E-state index in [1.807, 2.05) is 0 Å². The molecule has 0 aromatic heterocycles. The Labute approximate surface area is 98.3 Å². The molecule has 1 saturated heterocycles. The van der Waals surface area contributed by atoms with Gasteiger partial charge in [-0.05, 0) is 18.2 Å². The molecular formula is C12H13FO4. The van der Waals surface area contributed by atoms with Gasteiger partial charge in [0, 0.05) is 0 Å². The van der Waals surface area contributed by atoms with Crippen LogP contribution in [0.5, 0.6) is 5.75 Å². The molecule has 0 radical (unpaired) electrons. The van der Waals surface area contributed by atoms with Crippen LogP contribution in [0.15, 0.2) is 18.2 Å². The monoisotopic (exact) mass is 240 g/mol. The highest BCUT2D eigenvalue weighted by Crippen LogP contribution is 2.22. The van der Waals surface area contributed by atoms with Gasteiger partial charge in [-0.1, -0.05) is 0 Å². The van der Waals surface area contributed by atoms with E-state index in [-0.39, 0.29) is 18.0 Å². The van der Waals surface area contributed by atoms with Gasteiger partial charge in [0.25, 0.3) is 0 Å². The molecule has 0 amide bonds. The zero-order valence-electron chi connectivity index (χ0n) is 9.44. The predicted octanol–water partition coefficient (Wildman–Crippen LogP) is 1.43. The van der Waals surface area contributed by atoms with Gasteiger partial charge in [-0.15, -0.1) is 0 Å². The lowest BCUT2D eigenvalue weighted by Gasteiger charge is -2.22. The van der Waals surface area contributed by atoms with E-state index in [9.17, 15) is 9.18 Å². The highest BCUT2D eigenvalue weighted by molar-refractivity contribution is 6.02. The number of carbonyl (C=O) groups is 1. The van der Waals surface area contributed by atoms with Crippen LogP contribution < -0.4 is 4.74 Å². The fraction of sp³-hybridized carbons (Fsp3) is 0.417. The summed E-state index contributed by atoms with van der Waals surface area (Å²) in [6.45, 7) is 1.04. The van der Waals surface area contributed by atoms with Gasteiger partial charge in [0.1, 0.15) is 17.7 Å². The second kappa shape index (κ2) is 5.25. The van der Waals surface area contributed by atoms with Crippen LogP contribution in [0.3, 0.4) is 0 Å². The fourth-order valence-corrected chi connectivity index (χ4v) is 1.69. The van der Waals surface area contributed by atoms with E-state index >= 15 is 0 Å². The molecule has 0 spiro atoms. The number of ether oxygens (including phenoxy) is 3. The summed E-state index contributed by atoms with van der Waals surface area (Å²) in [4.78, 5) is 12.1. The second-order valence-electron chi connectivity index (χ2n) is 3.64. The van der Waals surface area contributed by atoms with E-state index in [0.29, 0.717) is 19.0 Å². The standard InChI is InChI=1S/C12H13FO4/c1-15-10-3-2-8(13)6-9(10)12(14)11-7-16-4-5-17-11/h2-3,6,11H,4-5,7H2,1H3. The van der Waals surface area contributed by atoms with Crippen molar-refractivity contribution in [2.75, 3.05) is 26.9 Å². The Kier molecular flexibility index (Phi) is 3.71. The molecule has 1 unspecified atom stereocenters. The SMILES string of the molecule is COc1ccc(F)cc1C(=O)C1COCCO1. The van der Waals surface area contributed by atoms with Gasteiger partial charge in [-0.25, -0.2) is 4.39 Å². The topological polar surface area (TPSA) is 44.8 Å². The molecule has 0 bridgehead atoms. The van der Waals surface area contributed by atoms with E-state index in [0.717, 1.165) is 6.07 Å². The maximum atomic E-state index is 13.1. The number of ketones is 1. The Bertz CT molecular complexity index is 413. The maximum Gasteiger partial charge on any atom is 0.197 e. The van der Waals surface area contributed by atoms with Crippen LogP contribution in [-0.2, 0) is 9.47 Å². The number of hydrogen-bond donors (Lipinski definition) is 0. The van der Waals surface area contributed by atoms with Crippen molar-refractivity contribution in [3.8, 4) is 5.75 Å². The molecule has 1 atom stereocenters.